The Hall–Kier alpha value is -2.59. The highest BCUT2D eigenvalue weighted by Crippen LogP contribution is 2.43. The van der Waals surface area contributed by atoms with Crippen molar-refractivity contribution in [1.29, 1.82) is 0 Å². The van der Waals surface area contributed by atoms with Crippen LogP contribution in [0.15, 0.2) is 72.9 Å². The molecule has 3 unspecified atom stereocenters. The Balaban J connectivity index is 4.44. The van der Waals surface area contributed by atoms with Crippen molar-refractivity contribution >= 4 is 19.8 Å². The van der Waals surface area contributed by atoms with Crippen LogP contribution in [-0.4, -0.2) is 60.5 Å². The van der Waals surface area contributed by atoms with Crippen LogP contribution < -0.4 is 5.73 Å². The number of allylic oxidation sites excluding steroid dienone is 12. The van der Waals surface area contributed by atoms with Crippen LogP contribution in [0.4, 0.5) is 0 Å². The minimum absolute atomic E-state index is 0.0141. The molecule has 0 spiro atoms. The molecule has 0 bridgehead atoms. The number of phosphoric ester groups is 1. The molecule has 0 rings (SSSR count). The maximum atomic E-state index is 12.6. The molecule has 0 fully saturated rings. The summed E-state index contributed by atoms with van der Waals surface area (Å²) in [4.78, 5) is 33.4. The molecule has 0 radical (unpaired) electrons. The van der Waals surface area contributed by atoms with Gasteiger partial charge in [-0.15, -0.1) is 0 Å². The first kappa shape index (κ1) is 49.4. The summed E-state index contributed by atoms with van der Waals surface area (Å²) in [6.07, 6.45) is 43.9. The Kier molecular flexibility index (Phi) is 34.9. The Morgan fingerprint density at radius 3 is 1.69 bits per heavy atom. The smallest absolute Gasteiger partial charge is 0.472 e. The van der Waals surface area contributed by atoms with Crippen molar-refractivity contribution in [2.45, 2.75) is 148 Å². The van der Waals surface area contributed by atoms with Crippen molar-refractivity contribution in [3.8, 4) is 0 Å². The van der Waals surface area contributed by atoms with E-state index >= 15 is 0 Å². The highest BCUT2D eigenvalue weighted by molar-refractivity contribution is 7.47. The summed E-state index contributed by atoms with van der Waals surface area (Å²) in [5.41, 5.74) is 5.33. The summed E-state index contributed by atoms with van der Waals surface area (Å²) in [6.45, 7) is 3.63. The Morgan fingerprint density at radius 1 is 0.635 bits per heavy atom. The second-order valence-corrected chi connectivity index (χ2v) is 14.1. The zero-order chi connectivity index (χ0) is 38.4. The van der Waals surface area contributed by atoms with E-state index in [-0.39, 0.29) is 13.0 Å². The molecule has 0 aliphatic carbocycles. The number of carboxylic acid groups (broad SMARTS) is 1. The predicted molar refractivity (Wildman–Crippen MR) is 212 cm³/mol. The van der Waals surface area contributed by atoms with Gasteiger partial charge in [0.2, 0.25) is 0 Å². The van der Waals surface area contributed by atoms with Crippen molar-refractivity contribution in [1.82, 2.24) is 0 Å². The molecule has 10 nitrogen and oxygen atoms in total. The molecular formula is C41H70NO9P. The standard InChI is InChI=1S/C41H70NO9P/c1-3-5-7-9-11-13-15-17-18-19-20-21-23-25-27-29-31-33-40(43)51-38(36-49-52(46,47)50-37-39(42)41(44)45)35-48-34-32-30-28-26-24-22-16-14-12-10-8-6-4-2/h5,7,11-14,17-18,20-21,25,27,38-39H,3-4,6,8-10,15-16,19,22-24,26,28-37,42H2,1-2H3,(H,44,45)(H,46,47)/b7-5-,13-11-,14-12-,18-17-,21-20-,27-25-. The largest absolute Gasteiger partial charge is 0.480 e. The molecule has 0 aliphatic heterocycles. The number of aliphatic carboxylic acids is 1. The molecule has 0 saturated heterocycles. The molecule has 0 amide bonds. The number of phosphoric acid groups is 1. The highest BCUT2D eigenvalue weighted by atomic mass is 31.2. The zero-order valence-electron chi connectivity index (χ0n) is 32.1. The molecular weight excluding hydrogens is 681 g/mol. The van der Waals surface area contributed by atoms with E-state index in [1.54, 1.807) is 0 Å². The van der Waals surface area contributed by atoms with Gasteiger partial charge in [-0.25, -0.2) is 4.57 Å². The lowest BCUT2D eigenvalue weighted by Gasteiger charge is -2.20. The normalized spacial score (nSPS) is 14.8. The molecule has 0 saturated carbocycles. The molecule has 0 aromatic rings. The fourth-order valence-electron chi connectivity index (χ4n) is 4.69. The molecule has 3 atom stereocenters. The van der Waals surface area contributed by atoms with Crippen LogP contribution >= 0.6 is 7.82 Å². The molecule has 52 heavy (non-hydrogen) atoms. The second kappa shape index (κ2) is 36.8. The molecule has 11 heteroatoms. The van der Waals surface area contributed by atoms with E-state index in [1.807, 2.05) is 6.08 Å². The number of ether oxygens (including phenoxy) is 2. The number of nitrogens with two attached hydrogens (primary N) is 1. The van der Waals surface area contributed by atoms with Crippen molar-refractivity contribution in [3.05, 3.63) is 72.9 Å². The van der Waals surface area contributed by atoms with Gasteiger partial charge in [-0.1, -0.05) is 125 Å². The third kappa shape index (κ3) is 35.8. The van der Waals surface area contributed by atoms with Crippen LogP contribution in [0.1, 0.15) is 136 Å². The molecule has 0 heterocycles. The maximum Gasteiger partial charge on any atom is 0.472 e. The Morgan fingerprint density at radius 2 is 1.12 bits per heavy atom. The van der Waals surface area contributed by atoms with Crippen molar-refractivity contribution in [2.24, 2.45) is 5.73 Å². The van der Waals surface area contributed by atoms with Crippen LogP contribution in [0, 0.1) is 0 Å². The summed E-state index contributed by atoms with van der Waals surface area (Å²) in [5, 5.41) is 8.87. The zero-order valence-corrected chi connectivity index (χ0v) is 33.0. The second-order valence-electron chi connectivity index (χ2n) is 12.7. The maximum absolute atomic E-state index is 12.6. The van der Waals surface area contributed by atoms with Crippen LogP contribution in [-0.2, 0) is 32.7 Å². The van der Waals surface area contributed by atoms with Gasteiger partial charge in [0.15, 0.2) is 0 Å². The number of esters is 1. The monoisotopic (exact) mass is 751 g/mol. The van der Waals surface area contributed by atoms with Crippen molar-refractivity contribution in [3.63, 3.8) is 0 Å². The average molecular weight is 752 g/mol. The van der Waals surface area contributed by atoms with E-state index in [4.69, 9.17) is 24.8 Å². The fourth-order valence-corrected chi connectivity index (χ4v) is 5.47. The minimum atomic E-state index is -4.63. The topological polar surface area (TPSA) is 155 Å². The third-order valence-corrected chi connectivity index (χ3v) is 8.67. The average Bonchev–Trinajstić information content (AvgIpc) is 3.12. The van der Waals surface area contributed by atoms with Gasteiger partial charge in [0.05, 0.1) is 19.8 Å². The van der Waals surface area contributed by atoms with E-state index < -0.39 is 45.1 Å². The van der Waals surface area contributed by atoms with Crippen LogP contribution in [0.3, 0.4) is 0 Å². The van der Waals surface area contributed by atoms with Gasteiger partial charge < -0.3 is 25.2 Å². The van der Waals surface area contributed by atoms with Crippen LogP contribution in [0.25, 0.3) is 0 Å². The minimum Gasteiger partial charge on any atom is -0.480 e. The fraction of sp³-hybridized carbons (Fsp3) is 0.659. The number of hydrogen-bond donors (Lipinski definition) is 3. The van der Waals surface area contributed by atoms with Crippen LogP contribution in [0.2, 0.25) is 0 Å². The quantitative estimate of drug-likeness (QED) is 0.0244. The van der Waals surface area contributed by atoms with E-state index in [2.05, 4.69) is 85.2 Å². The van der Waals surface area contributed by atoms with Gasteiger partial charge in [-0.3, -0.25) is 18.6 Å². The van der Waals surface area contributed by atoms with E-state index in [1.165, 1.54) is 44.9 Å². The SMILES string of the molecule is CC/C=C\C/C=C\C/C=C\C/C=C\C/C=C\CCCC(=O)OC(COCCCCCCCC/C=C\CCCCC)COP(=O)(O)OCC(N)C(=O)O. The van der Waals surface area contributed by atoms with Gasteiger partial charge in [0, 0.05) is 13.0 Å². The Labute approximate surface area is 314 Å². The van der Waals surface area contributed by atoms with Gasteiger partial charge in [-0.05, 0) is 77.0 Å². The van der Waals surface area contributed by atoms with Gasteiger partial charge >= 0.3 is 19.8 Å². The van der Waals surface area contributed by atoms with Gasteiger partial charge in [0.1, 0.15) is 12.1 Å². The van der Waals surface area contributed by atoms with E-state index in [0.29, 0.717) is 19.4 Å². The first-order valence-electron chi connectivity index (χ1n) is 19.5. The Bertz CT molecular complexity index is 1100. The first-order chi connectivity index (χ1) is 25.2. The number of hydrogen-bond acceptors (Lipinski definition) is 8. The summed E-state index contributed by atoms with van der Waals surface area (Å²) in [5.74, 6) is -1.85. The van der Waals surface area contributed by atoms with Crippen molar-refractivity contribution < 1.29 is 42.7 Å². The summed E-state index contributed by atoms with van der Waals surface area (Å²) in [7, 11) is -4.63. The lowest BCUT2D eigenvalue weighted by Crippen LogP contribution is -2.34. The number of carbonyl (C=O) groups excluding carboxylic acids is 1. The van der Waals surface area contributed by atoms with Crippen LogP contribution in [0.5, 0.6) is 0 Å². The van der Waals surface area contributed by atoms with E-state index in [0.717, 1.165) is 57.8 Å². The highest BCUT2D eigenvalue weighted by Gasteiger charge is 2.27. The van der Waals surface area contributed by atoms with Gasteiger partial charge in [-0.2, -0.15) is 0 Å². The van der Waals surface area contributed by atoms with E-state index in [9.17, 15) is 19.0 Å². The molecule has 0 aromatic heterocycles. The number of carbonyl (C=O) groups is 2. The predicted octanol–water partition coefficient (Wildman–Crippen LogP) is 10.2. The lowest BCUT2D eigenvalue weighted by atomic mass is 10.1. The third-order valence-electron chi connectivity index (χ3n) is 7.72. The molecule has 298 valence electrons. The summed E-state index contributed by atoms with van der Waals surface area (Å²) in [6, 6.07) is -1.49. The number of unbranched alkanes of at least 4 members (excludes halogenated alkanes) is 10. The molecule has 4 N–H and O–H groups in total. The number of carboxylic acids is 1. The number of rotatable bonds is 36. The first-order valence-corrected chi connectivity index (χ1v) is 21.0. The summed E-state index contributed by atoms with van der Waals surface area (Å²) < 4.78 is 33.2. The molecule has 0 aromatic carbocycles. The van der Waals surface area contributed by atoms with Gasteiger partial charge in [0.25, 0.3) is 0 Å². The lowest BCUT2D eigenvalue weighted by molar-refractivity contribution is -0.154. The molecule has 0 aliphatic rings. The summed E-state index contributed by atoms with van der Waals surface area (Å²) >= 11 is 0. The van der Waals surface area contributed by atoms with Crippen molar-refractivity contribution in [2.75, 3.05) is 26.4 Å².